The van der Waals surface area contributed by atoms with Crippen molar-refractivity contribution in [2.45, 2.75) is 91.3 Å². The molecule has 1 aliphatic rings. The molecule has 4 atom stereocenters. The molecule has 19 heavy (non-hydrogen) atoms. The van der Waals surface area contributed by atoms with E-state index in [0.717, 1.165) is 24.0 Å². The normalized spacial score (nSPS) is 29.7. The largest absolute Gasteiger partial charge is 0.312 e. The van der Waals surface area contributed by atoms with Gasteiger partial charge < -0.3 is 5.32 Å². The van der Waals surface area contributed by atoms with Crippen molar-refractivity contribution in [3.05, 3.63) is 0 Å². The molecule has 2 heteroatoms. The smallest absolute Gasteiger partial charge is 0.0254 e. The van der Waals surface area contributed by atoms with E-state index in [0.29, 0.717) is 0 Å². The molecule has 114 valence electrons. The van der Waals surface area contributed by atoms with E-state index >= 15 is 0 Å². The van der Waals surface area contributed by atoms with Crippen LogP contribution in [0.4, 0.5) is 0 Å². The molecule has 1 fully saturated rings. The van der Waals surface area contributed by atoms with Crippen molar-refractivity contribution in [1.29, 1.82) is 0 Å². The summed E-state index contributed by atoms with van der Waals surface area (Å²) < 4.78 is 0. The molecule has 0 aromatic heterocycles. The third kappa shape index (κ3) is 4.75. The quantitative estimate of drug-likeness (QED) is 0.714. The summed E-state index contributed by atoms with van der Waals surface area (Å²) in [5, 5.41) is 3.82. The van der Waals surface area contributed by atoms with Crippen LogP contribution in [0.25, 0.3) is 0 Å². The van der Waals surface area contributed by atoms with Gasteiger partial charge in [0.15, 0.2) is 0 Å². The standard InChI is InChI=1S/C17H36N2/c1-6-12-18-16-11-10-15(8-3)13-17(16)19(9-4)14(5)7-2/h14-18H,6-13H2,1-5H3. The predicted molar refractivity (Wildman–Crippen MR) is 85.6 cm³/mol. The van der Waals surface area contributed by atoms with Gasteiger partial charge >= 0.3 is 0 Å². The third-order valence-corrected chi connectivity index (χ3v) is 5.11. The molecule has 0 bridgehead atoms. The highest BCUT2D eigenvalue weighted by Gasteiger charge is 2.34. The van der Waals surface area contributed by atoms with Gasteiger partial charge in [-0.25, -0.2) is 0 Å². The molecular weight excluding hydrogens is 232 g/mol. The molecule has 0 heterocycles. The Labute approximate surface area is 121 Å². The van der Waals surface area contributed by atoms with Gasteiger partial charge in [0.05, 0.1) is 0 Å². The minimum absolute atomic E-state index is 0.719. The molecule has 1 aliphatic carbocycles. The topological polar surface area (TPSA) is 15.3 Å². The van der Waals surface area contributed by atoms with E-state index in [1.54, 1.807) is 0 Å². The monoisotopic (exact) mass is 268 g/mol. The average Bonchev–Trinajstić information content (AvgIpc) is 2.46. The maximum atomic E-state index is 3.82. The van der Waals surface area contributed by atoms with Crippen LogP contribution in [0.15, 0.2) is 0 Å². The van der Waals surface area contributed by atoms with Gasteiger partial charge in [-0.3, -0.25) is 4.90 Å². The number of likely N-dealkylation sites (N-methyl/N-ethyl adjacent to an activating group) is 1. The molecule has 0 saturated heterocycles. The highest BCUT2D eigenvalue weighted by atomic mass is 15.2. The van der Waals surface area contributed by atoms with Crippen LogP contribution in [-0.2, 0) is 0 Å². The lowest BCUT2D eigenvalue weighted by Gasteiger charge is -2.45. The lowest BCUT2D eigenvalue weighted by molar-refractivity contribution is 0.0677. The first-order valence-electron chi connectivity index (χ1n) is 8.66. The Kier molecular flexibility index (Phi) is 8.01. The van der Waals surface area contributed by atoms with Crippen LogP contribution in [0.5, 0.6) is 0 Å². The molecule has 1 N–H and O–H groups in total. The van der Waals surface area contributed by atoms with Crippen LogP contribution in [0.3, 0.4) is 0 Å². The lowest BCUT2D eigenvalue weighted by Crippen LogP contribution is -2.55. The lowest BCUT2D eigenvalue weighted by atomic mass is 9.79. The van der Waals surface area contributed by atoms with E-state index in [4.69, 9.17) is 0 Å². The molecule has 1 saturated carbocycles. The summed E-state index contributed by atoms with van der Waals surface area (Å²) >= 11 is 0. The fourth-order valence-corrected chi connectivity index (χ4v) is 3.64. The predicted octanol–water partition coefficient (Wildman–Crippen LogP) is 4.05. The molecule has 4 unspecified atom stereocenters. The van der Waals surface area contributed by atoms with E-state index in [1.807, 2.05) is 0 Å². The van der Waals surface area contributed by atoms with Crippen LogP contribution in [0.1, 0.15) is 73.1 Å². The second kappa shape index (κ2) is 8.97. The first-order valence-corrected chi connectivity index (χ1v) is 8.66. The number of nitrogens with one attached hydrogen (secondary N) is 1. The molecule has 0 spiro atoms. The minimum Gasteiger partial charge on any atom is -0.312 e. The maximum Gasteiger partial charge on any atom is 0.0254 e. The molecule has 0 aliphatic heterocycles. The van der Waals surface area contributed by atoms with Crippen LogP contribution < -0.4 is 5.32 Å². The van der Waals surface area contributed by atoms with E-state index in [-0.39, 0.29) is 0 Å². The Balaban J connectivity index is 2.72. The summed E-state index contributed by atoms with van der Waals surface area (Å²) in [4.78, 5) is 2.76. The van der Waals surface area contributed by atoms with Crippen molar-refractivity contribution in [3.8, 4) is 0 Å². The van der Waals surface area contributed by atoms with Crippen LogP contribution in [-0.4, -0.2) is 36.1 Å². The summed E-state index contributed by atoms with van der Waals surface area (Å²) in [5.74, 6) is 0.947. The first-order chi connectivity index (χ1) is 9.17. The summed E-state index contributed by atoms with van der Waals surface area (Å²) in [6.45, 7) is 14.1. The molecule has 2 nitrogen and oxygen atoms in total. The average molecular weight is 268 g/mol. The van der Waals surface area contributed by atoms with Crippen LogP contribution >= 0.6 is 0 Å². The van der Waals surface area contributed by atoms with Gasteiger partial charge in [0.2, 0.25) is 0 Å². The molecule has 0 aromatic rings. The van der Waals surface area contributed by atoms with E-state index in [2.05, 4.69) is 44.8 Å². The number of nitrogens with zero attached hydrogens (tertiary/aromatic N) is 1. The van der Waals surface area contributed by atoms with Gasteiger partial charge in [0.1, 0.15) is 0 Å². The van der Waals surface area contributed by atoms with Crippen LogP contribution in [0, 0.1) is 5.92 Å². The number of hydrogen-bond donors (Lipinski definition) is 1. The van der Waals surface area contributed by atoms with Crippen molar-refractivity contribution in [1.82, 2.24) is 10.2 Å². The van der Waals surface area contributed by atoms with E-state index in [1.165, 1.54) is 51.6 Å². The highest BCUT2D eigenvalue weighted by molar-refractivity contribution is 4.92. The molecular formula is C17H36N2. The zero-order chi connectivity index (χ0) is 14.3. The Morgan fingerprint density at radius 1 is 1.16 bits per heavy atom. The second-order valence-corrected chi connectivity index (χ2v) is 6.30. The van der Waals surface area contributed by atoms with Gasteiger partial charge in [-0.15, -0.1) is 0 Å². The summed E-state index contributed by atoms with van der Waals surface area (Å²) in [5.41, 5.74) is 0. The summed E-state index contributed by atoms with van der Waals surface area (Å²) in [6.07, 6.45) is 8.06. The fraction of sp³-hybridized carbons (Fsp3) is 1.00. The van der Waals surface area contributed by atoms with Gasteiger partial charge in [-0.05, 0) is 58.0 Å². The van der Waals surface area contributed by atoms with Crippen LogP contribution in [0.2, 0.25) is 0 Å². The van der Waals surface area contributed by atoms with Crippen molar-refractivity contribution in [2.75, 3.05) is 13.1 Å². The summed E-state index contributed by atoms with van der Waals surface area (Å²) in [6, 6.07) is 2.19. The molecule has 1 rings (SSSR count). The minimum atomic E-state index is 0.719. The Bertz CT molecular complexity index is 229. The zero-order valence-electron chi connectivity index (χ0n) is 13.9. The number of hydrogen-bond acceptors (Lipinski definition) is 2. The first kappa shape index (κ1) is 17.0. The fourth-order valence-electron chi connectivity index (χ4n) is 3.64. The van der Waals surface area contributed by atoms with Crippen molar-refractivity contribution >= 4 is 0 Å². The van der Waals surface area contributed by atoms with Gasteiger partial charge in [-0.1, -0.05) is 34.1 Å². The summed E-state index contributed by atoms with van der Waals surface area (Å²) in [7, 11) is 0. The van der Waals surface area contributed by atoms with Gasteiger partial charge in [0, 0.05) is 18.1 Å². The second-order valence-electron chi connectivity index (χ2n) is 6.30. The highest BCUT2D eigenvalue weighted by Crippen LogP contribution is 2.31. The molecule has 0 radical (unpaired) electrons. The Morgan fingerprint density at radius 2 is 1.89 bits per heavy atom. The SMILES string of the molecule is CCCNC1CCC(CC)CC1N(CC)C(C)CC. The number of rotatable bonds is 8. The molecule has 0 aromatic carbocycles. The Hall–Kier alpha value is -0.0800. The van der Waals surface area contributed by atoms with E-state index < -0.39 is 0 Å². The Morgan fingerprint density at radius 3 is 2.42 bits per heavy atom. The zero-order valence-corrected chi connectivity index (χ0v) is 13.9. The van der Waals surface area contributed by atoms with Crippen molar-refractivity contribution < 1.29 is 0 Å². The third-order valence-electron chi connectivity index (χ3n) is 5.11. The molecule has 0 amide bonds. The van der Waals surface area contributed by atoms with E-state index in [9.17, 15) is 0 Å². The van der Waals surface area contributed by atoms with Gasteiger partial charge in [-0.2, -0.15) is 0 Å². The van der Waals surface area contributed by atoms with Crippen molar-refractivity contribution in [2.24, 2.45) is 5.92 Å². The van der Waals surface area contributed by atoms with Gasteiger partial charge in [0.25, 0.3) is 0 Å². The van der Waals surface area contributed by atoms with Crippen molar-refractivity contribution in [3.63, 3.8) is 0 Å². The maximum absolute atomic E-state index is 3.82.